The highest BCUT2D eigenvalue weighted by molar-refractivity contribution is 7.92. The number of sulfone groups is 1. The lowest BCUT2D eigenvalue weighted by atomic mass is 9.92. The minimum Gasteiger partial charge on any atom is -0.465 e. The molecule has 14 heavy (non-hydrogen) atoms. The molecule has 0 aromatic rings. The monoisotopic (exact) mass is 222 g/mol. The molecule has 0 aliphatic carbocycles. The number of hydrogen-bond acceptors (Lipinski definition) is 4. The van der Waals surface area contributed by atoms with Crippen LogP contribution in [-0.4, -0.2) is 32.5 Å². The molecule has 0 aromatic carbocycles. The Hall–Kier alpha value is -0.580. The first-order chi connectivity index (χ1) is 6.10. The number of carbonyl (C=O) groups is 1. The molecule has 0 fully saturated rings. The van der Waals surface area contributed by atoms with Gasteiger partial charge in [0.15, 0.2) is 15.1 Å². The zero-order valence-corrected chi connectivity index (χ0v) is 10.1. The van der Waals surface area contributed by atoms with Crippen LogP contribution in [0.15, 0.2) is 0 Å². The Bertz CT molecular complexity index is 297. The quantitative estimate of drug-likeness (QED) is 0.669. The predicted octanol–water partition coefficient (Wildman–Crippen LogP) is 1.01. The van der Waals surface area contributed by atoms with Crippen LogP contribution in [0, 0.1) is 5.41 Å². The Labute approximate surface area is 85.6 Å². The molecule has 5 heteroatoms. The van der Waals surface area contributed by atoms with E-state index in [0.717, 1.165) is 6.26 Å². The van der Waals surface area contributed by atoms with Crippen LogP contribution in [-0.2, 0) is 19.4 Å². The zero-order valence-electron chi connectivity index (χ0n) is 9.33. The molecule has 0 amide bonds. The van der Waals surface area contributed by atoms with Gasteiger partial charge in [-0.3, -0.25) is 4.79 Å². The molecule has 0 rings (SSSR count). The summed E-state index contributed by atoms with van der Waals surface area (Å²) in [5.41, 5.74) is -0.639. The van der Waals surface area contributed by atoms with Gasteiger partial charge >= 0.3 is 5.97 Å². The maximum Gasteiger partial charge on any atom is 0.324 e. The standard InChI is InChI=1S/C9H18O4S/c1-6-13-8(10)7(9(2,3)4)14(5,11)12/h7H,6H2,1-5H3. The van der Waals surface area contributed by atoms with E-state index in [-0.39, 0.29) is 6.61 Å². The average molecular weight is 222 g/mol. The third-order valence-electron chi connectivity index (χ3n) is 1.72. The molecule has 0 aliphatic rings. The van der Waals surface area contributed by atoms with Gasteiger partial charge in [0.1, 0.15) is 0 Å². The van der Waals surface area contributed by atoms with Gasteiger partial charge in [-0.05, 0) is 12.3 Å². The highest BCUT2D eigenvalue weighted by atomic mass is 32.2. The Morgan fingerprint density at radius 3 is 2.00 bits per heavy atom. The zero-order chi connectivity index (χ0) is 11.6. The van der Waals surface area contributed by atoms with Gasteiger partial charge in [0.2, 0.25) is 0 Å². The van der Waals surface area contributed by atoms with Crippen molar-refractivity contribution in [3.05, 3.63) is 0 Å². The first kappa shape index (κ1) is 13.4. The van der Waals surface area contributed by atoms with Crippen LogP contribution < -0.4 is 0 Å². The van der Waals surface area contributed by atoms with E-state index >= 15 is 0 Å². The molecule has 1 unspecified atom stereocenters. The molecule has 0 N–H and O–H groups in total. The Balaban J connectivity index is 5.05. The third-order valence-corrected chi connectivity index (χ3v) is 3.47. The summed E-state index contributed by atoms with van der Waals surface area (Å²) in [5, 5.41) is -1.09. The smallest absolute Gasteiger partial charge is 0.324 e. The van der Waals surface area contributed by atoms with Crippen molar-refractivity contribution in [2.75, 3.05) is 12.9 Å². The molecule has 0 saturated heterocycles. The predicted molar refractivity (Wildman–Crippen MR) is 54.7 cm³/mol. The third kappa shape index (κ3) is 3.65. The average Bonchev–Trinajstić information content (AvgIpc) is 1.78. The lowest BCUT2D eigenvalue weighted by molar-refractivity contribution is -0.144. The molecule has 0 saturated carbocycles. The molecular formula is C9H18O4S. The molecule has 0 radical (unpaired) electrons. The van der Waals surface area contributed by atoms with Gasteiger partial charge in [0, 0.05) is 6.26 Å². The molecule has 0 bridgehead atoms. The summed E-state index contributed by atoms with van der Waals surface area (Å²) in [7, 11) is -3.42. The van der Waals surface area contributed by atoms with E-state index in [4.69, 9.17) is 4.74 Å². The maximum atomic E-state index is 11.4. The lowest BCUT2D eigenvalue weighted by Crippen LogP contribution is -2.42. The van der Waals surface area contributed by atoms with Gasteiger partial charge in [-0.1, -0.05) is 20.8 Å². The first-order valence-corrected chi connectivity index (χ1v) is 6.41. The molecule has 0 aliphatic heterocycles. The van der Waals surface area contributed by atoms with E-state index in [1.165, 1.54) is 0 Å². The highest BCUT2D eigenvalue weighted by Gasteiger charge is 2.40. The van der Waals surface area contributed by atoms with Crippen LogP contribution in [0.3, 0.4) is 0 Å². The van der Waals surface area contributed by atoms with Crippen LogP contribution in [0.25, 0.3) is 0 Å². The van der Waals surface area contributed by atoms with Crippen molar-refractivity contribution < 1.29 is 17.9 Å². The van der Waals surface area contributed by atoms with Crippen LogP contribution in [0.5, 0.6) is 0 Å². The summed E-state index contributed by atoms with van der Waals surface area (Å²) >= 11 is 0. The van der Waals surface area contributed by atoms with Crippen molar-refractivity contribution in [2.24, 2.45) is 5.41 Å². The van der Waals surface area contributed by atoms with Gasteiger partial charge in [0.05, 0.1) is 6.61 Å². The number of hydrogen-bond donors (Lipinski definition) is 0. The number of rotatable bonds is 3. The maximum absolute atomic E-state index is 11.4. The topological polar surface area (TPSA) is 60.4 Å². The van der Waals surface area contributed by atoms with Gasteiger partial charge in [-0.2, -0.15) is 0 Å². The van der Waals surface area contributed by atoms with E-state index in [0.29, 0.717) is 0 Å². The Kier molecular flexibility index (Phi) is 4.12. The molecule has 84 valence electrons. The molecular weight excluding hydrogens is 204 g/mol. The first-order valence-electron chi connectivity index (χ1n) is 4.46. The Morgan fingerprint density at radius 1 is 1.36 bits per heavy atom. The van der Waals surface area contributed by atoms with Gasteiger partial charge in [-0.15, -0.1) is 0 Å². The van der Waals surface area contributed by atoms with Crippen molar-refractivity contribution in [2.45, 2.75) is 32.9 Å². The van der Waals surface area contributed by atoms with E-state index < -0.39 is 26.5 Å². The van der Waals surface area contributed by atoms with Crippen LogP contribution >= 0.6 is 0 Å². The number of ether oxygens (including phenoxy) is 1. The molecule has 1 atom stereocenters. The lowest BCUT2D eigenvalue weighted by Gasteiger charge is -2.26. The van der Waals surface area contributed by atoms with Crippen molar-refractivity contribution in [3.8, 4) is 0 Å². The summed E-state index contributed by atoms with van der Waals surface area (Å²) in [4.78, 5) is 11.4. The SMILES string of the molecule is CCOC(=O)C(C(C)(C)C)S(C)(=O)=O. The van der Waals surface area contributed by atoms with Crippen LogP contribution in [0.1, 0.15) is 27.7 Å². The largest absolute Gasteiger partial charge is 0.465 e. The van der Waals surface area contributed by atoms with E-state index in [9.17, 15) is 13.2 Å². The van der Waals surface area contributed by atoms with E-state index in [2.05, 4.69) is 0 Å². The van der Waals surface area contributed by atoms with Gasteiger partial charge < -0.3 is 4.74 Å². The van der Waals surface area contributed by atoms with Gasteiger partial charge in [-0.25, -0.2) is 8.42 Å². The summed E-state index contributed by atoms with van der Waals surface area (Å²) in [6, 6.07) is 0. The number of esters is 1. The van der Waals surface area contributed by atoms with E-state index in [1.807, 2.05) is 0 Å². The fraction of sp³-hybridized carbons (Fsp3) is 0.889. The second kappa shape index (κ2) is 4.29. The van der Waals surface area contributed by atoms with Crippen molar-refractivity contribution in [3.63, 3.8) is 0 Å². The molecule has 0 aromatic heterocycles. The van der Waals surface area contributed by atoms with E-state index in [1.54, 1.807) is 27.7 Å². The minimum atomic E-state index is -3.42. The summed E-state index contributed by atoms with van der Waals surface area (Å²) in [6.45, 7) is 6.96. The summed E-state index contributed by atoms with van der Waals surface area (Å²) < 4.78 is 27.5. The normalized spacial score (nSPS) is 14.9. The van der Waals surface area contributed by atoms with Crippen molar-refractivity contribution >= 4 is 15.8 Å². The molecule has 0 heterocycles. The fourth-order valence-electron chi connectivity index (χ4n) is 1.39. The Morgan fingerprint density at radius 2 is 1.79 bits per heavy atom. The van der Waals surface area contributed by atoms with Gasteiger partial charge in [0.25, 0.3) is 0 Å². The van der Waals surface area contributed by atoms with Crippen molar-refractivity contribution in [1.82, 2.24) is 0 Å². The molecule has 0 spiro atoms. The summed E-state index contributed by atoms with van der Waals surface area (Å²) in [5.74, 6) is -0.664. The summed E-state index contributed by atoms with van der Waals surface area (Å²) in [6.07, 6.45) is 1.06. The van der Waals surface area contributed by atoms with Crippen LogP contribution in [0.2, 0.25) is 0 Å². The number of carbonyl (C=O) groups excluding carboxylic acids is 1. The highest BCUT2D eigenvalue weighted by Crippen LogP contribution is 2.26. The van der Waals surface area contributed by atoms with Crippen LogP contribution in [0.4, 0.5) is 0 Å². The second-order valence-electron chi connectivity index (χ2n) is 4.33. The molecule has 4 nitrogen and oxygen atoms in total. The van der Waals surface area contributed by atoms with Crippen molar-refractivity contribution in [1.29, 1.82) is 0 Å². The second-order valence-corrected chi connectivity index (χ2v) is 6.46. The minimum absolute atomic E-state index is 0.195. The fourth-order valence-corrected chi connectivity index (χ4v) is 3.09.